The van der Waals surface area contributed by atoms with Gasteiger partial charge in [0.2, 0.25) is 15.9 Å². The molecule has 166 valence electrons. The second-order valence-corrected chi connectivity index (χ2v) is 11.3. The van der Waals surface area contributed by atoms with Crippen LogP contribution in [0, 0.1) is 25.6 Å². The smallest absolute Gasteiger partial charge is 0.243 e. The Morgan fingerprint density at radius 2 is 1.84 bits per heavy atom. The molecule has 0 bridgehead atoms. The summed E-state index contributed by atoms with van der Waals surface area (Å²) in [6, 6.07) is 9.98. The van der Waals surface area contributed by atoms with Crippen LogP contribution in [0.15, 0.2) is 46.2 Å². The zero-order valence-corrected chi connectivity index (χ0v) is 19.4. The van der Waals surface area contributed by atoms with Gasteiger partial charge in [-0.3, -0.25) is 4.79 Å². The number of hydrogen-bond donors (Lipinski definition) is 1. The van der Waals surface area contributed by atoms with Crippen molar-refractivity contribution >= 4 is 27.7 Å². The molecule has 1 fully saturated rings. The predicted molar refractivity (Wildman–Crippen MR) is 120 cm³/mol. The minimum absolute atomic E-state index is 0.0738. The number of halogens is 1. The molecule has 5 nitrogen and oxygen atoms in total. The molecule has 0 aromatic heterocycles. The molecular formula is C23H27FN2O3S2. The van der Waals surface area contributed by atoms with E-state index in [1.807, 2.05) is 26.0 Å². The number of nitrogens with one attached hydrogen (secondary N) is 1. The van der Waals surface area contributed by atoms with E-state index >= 15 is 0 Å². The van der Waals surface area contributed by atoms with Gasteiger partial charge in [-0.1, -0.05) is 18.2 Å². The minimum atomic E-state index is -3.57. The maximum atomic E-state index is 14.1. The molecule has 8 heteroatoms. The first-order chi connectivity index (χ1) is 14.8. The molecule has 2 aromatic carbocycles. The second-order valence-electron chi connectivity index (χ2n) is 8.28. The van der Waals surface area contributed by atoms with E-state index in [0.717, 1.165) is 28.9 Å². The zero-order chi connectivity index (χ0) is 22.2. The minimum Gasteiger partial charge on any atom is -0.349 e. The molecule has 31 heavy (non-hydrogen) atoms. The van der Waals surface area contributed by atoms with Crippen molar-refractivity contribution in [2.24, 2.45) is 5.92 Å². The number of fused-ring (bicyclic) bond motifs is 1. The highest BCUT2D eigenvalue weighted by Gasteiger charge is 2.33. The Morgan fingerprint density at radius 1 is 1.10 bits per heavy atom. The number of benzene rings is 2. The normalized spacial score (nSPS) is 20.3. The summed E-state index contributed by atoms with van der Waals surface area (Å²) in [5, 5.41) is 3.08. The summed E-state index contributed by atoms with van der Waals surface area (Å²) in [7, 11) is -3.57. The van der Waals surface area contributed by atoms with Gasteiger partial charge in [-0.2, -0.15) is 4.31 Å². The van der Waals surface area contributed by atoms with Crippen molar-refractivity contribution in [2.45, 2.75) is 48.9 Å². The summed E-state index contributed by atoms with van der Waals surface area (Å²) >= 11 is 1.48. The third-order valence-electron chi connectivity index (χ3n) is 6.28. The topological polar surface area (TPSA) is 66.5 Å². The molecule has 4 rings (SSSR count). The number of carbonyl (C=O) groups is 1. The highest BCUT2D eigenvalue weighted by molar-refractivity contribution is 7.99. The van der Waals surface area contributed by atoms with E-state index in [1.54, 1.807) is 18.2 Å². The highest BCUT2D eigenvalue weighted by Crippen LogP contribution is 2.38. The third kappa shape index (κ3) is 4.52. The van der Waals surface area contributed by atoms with Crippen molar-refractivity contribution in [1.29, 1.82) is 0 Å². The lowest BCUT2D eigenvalue weighted by Gasteiger charge is -2.32. The lowest BCUT2D eigenvalue weighted by Crippen LogP contribution is -2.44. The van der Waals surface area contributed by atoms with Gasteiger partial charge in [-0.25, -0.2) is 12.8 Å². The Hall–Kier alpha value is -1.90. The number of amides is 1. The molecule has 1 saturated heterocycles. The quantitative estimate of drug-likeness (QED) is 0.740. The number of thioether (sulfide) groups is 1. The molecule has 0 spiro atoms. The molecule has 0 radical (unpaired) electrons. The Bertz CT molecular complexity index is 1100. The van der Waals surface area contributed by atoms with Crippen molar-refractivity contribution in [1.82, 2.24) is 9.62 Å². The van der Waals surface area contributed by atoms with Gasteiger partial charge in [0.05, 0.1) is 10.9 Å². The van der Waals surface area contributed by atoms with E-state index in [0.29, 0.717) is 35.7 Å². The molecule has 1 N–H and O–H groups in total. The van der Waals surface area contributed by atoms with Crippen molar-refractivity contribution in [3.63, 3.8) is 0 Å². The van der Waals surface area contributed by atoms with Gasteiger partial charge in [0.15, 0.2) is 0 Å². The van der Waals surface area contributed by atoms with Gasteiger partial charge in [0.25, 0.3) is 0 Å². The van der Waals surface area contributed by atoms with Crippen LogP contribution in [-0.4, -0.2) is 37.5 Å². The monoisotopic (exact) mass is 462 g/mol. The van der Waals surface area contributed by atoms with Crippen LogP contribution in [0.1, 0.15) is 42.0 Å². The molecule has 2 aromatic rings. The summed E-state index contributed by atoms with van der Waals surface area (Å²) < 4.78 is 41.6. The Labute approximate surface area is 187 Å². The summed E-state index contributed by atoms with van der Waals surface area (Å²) in [6.07, 6.45) is 1.72. The van der Waals surface area contributed by atoms with Crippen molar-refractivity contribution in [3.8, 4) is 0 Å². The van der Waals surface area contributed by atoms with Gasteiger partial charge in [0.1, 0.15) is 5.82 Å². The Balaban J connectivity index is 1.40. The van der Waals surface area contributed by atoms with E-state index < -0.39 is 10.0 Å². The number of hydrogen-bond acceptors (Lipinski definition) is 4. The van der Waals surface area contributed by atoms with E-state index in [-0.39, 0.29) is 23.7 Å². The van der Waals surface area contributed by atoms with E-state index in [1.165, 1.54) is 22.1 Å². The Kier molecular flexibility index (Phi) is 6.42. The maximum Gasteiger partial charge on any atom is 0.243 e. The largest absolute Gasteiger partial charge is 0.349 e. The molecule has 0 aliphatic carbocycles. The molecule has 1 atom stereocenters. The van der Waals surface area contributed by atoms with Gasteiger partial charge >= 0.3 is 0 Å². The number of sulfonamides is 1. The number of piperidine rings is 1. The zero-order valence-electron chi connectivity index (χ0n) is 17.7. The number of nitrogens with zero attached hydrogens (tertiary/aromatic N) is 1. The molecular weight excluding hydrogens is 435 g/mol. The molecule has 2 aliphatic heterocycles. The summed E-state index contributed by atoms with van der Waals surface area (Å²) in [4.78, 5) is 13.8. The fraction of sp³-hybridized carbons (Fsp3) is 0.435. The molecule has 1 amide bonds. The fourth-order valence-corrected chi connectivity index (χ4v) is 6.90. The first-order valence-electron chi connectivity index (χ1n) is 10.6. The second kappa shape index (κ2) is 8.92. The van der Waals surface area contributed by atoms with Crippen LogP contribution in [-0.2, 0) is 14.8 Å². The van der Waals surface area contributed by atoms with Gasteiger partial charge < -0.3 is 5.32 Å². The molecule has 1 unspecified atom stereocenters. The van der Waals surface area contributed by atoms with Crippen LogP contribution in [0.5, 0.6) is 0 Å². The predicted octanol–water partition coefficient (Wildman–Crippen LogP) is 4.20. The molecule has 2 aliphatic rings. The van der Waals surface area contributed by atoms with Crippen LogP contribution in [0.3, 0.4) is 0 Å². The van der Waals surface area contributed by atoms with E-state index in [2.05, 4.69) is 5.32 Å². The number of aryl methyl sites for hydroxylation is 2. The summed E-state index contributed by atoms with van der Waals surface area (Å²) in [5.41, 5.74) is 2.83. The Morgan fingerprint density at radius 3 is 2.55 bits per heavy atom. The maximum absolute atomic E-state index is 14.1. The average Bonchev–Trinajstić information content (AvgIpc) is 2.76. The third-order valence-corrected chi connectivity index (χ3v) is 9.34. The molecule has 0 saturated carbocycles. The lowest BCUT2D eigenvalue weighted by atomic mass is 9.95. The standard InChI is InChI=1S/C23H27FN2O3S2/c1-15-6-7-18(14-16(15)2)31(28,29)26-11-8-17(9-12-26)23(27)25-21-10-13-30-22-19(21)4-3-5-20(22)24/h3-7,14,17,21H,8-13H2,1-2H3,(H,25,27). The fourth-order valence-electron chi connectivity index (χ4n) is 4.21. The first-order valence-corrected chi connectivity index (χ1v) is 13.0. The van der Waals surface area contributed by atoms with Crippen LogP contribution in [0.25, 0.3) is 0 Å². The van der Waals surface area contributed by atoms with Gasteiger partial charge in [0, 0.05) is 29.7 Å². The van der Waals surface area contributed by atoms with Crippen LogP contribution >= 0.6 is 11.8 Å². The number of rotatable bonds is 4. The summed E-state index contributed by atoms with van der Waals surface area (Å²) in [6.45, 7) is 4.49. The summed E-state index contributed by atoms with van der Waals surface area (Å²) in [5.74, 6) is 0.199. The van der Waals surface area contributed by atoms with Crippen molar-refractivity contribution < 1.29 is 17.6 Å². The lowest BCUT2D eigenvalue weighted by molar-refractivity contribution is -0.127. The first kappa shape index (κ1) is 22.3. The van der Waals surface area contributed by atoms with E-state index in [9.17, 15) is 17.6 Å². The molecule has 2 heterocycles. The van der Waals surface area contributed by atoms with E-state index in [4.69, 9.17) is 0 Å². The van der Waals surface area contributed by atoms with Gasteiger partial charge in [-0.15, -0.1) is 11.8 Å². The highest BCUT2D eigenvalue weighted by atomic mass is 32.2. The van der Waals surface area contributed by atoms with Gasteiger partial charge in [-0.05, 0) is 68.0 Å². The number of carbonyl (C=O) groups excluding carboxylic acids is 1. The van der Waals surface area contributed by atoms with Crippen LogP contribution in [0.4, 0.5) is 4.39 Å². The average molecular weight is 463 g/mol. The van der Waals surface area contributed by atoms with Crippen molar-refractivity contribution in [2.75, 3.05) is 18.8 Å². The van der Waals surface area contributed by atoms with Crippen molar-refractivity contribution in [3.05, 3.63) is 58.9 Å². The van der Waals surface area contributed by atoms with Crippen LogP contribution < -0.4 is 5.32 Å². The SMILES string of the molecule is Cc1ccc(S(=O)(=O)N2CCC(C(=O)NC3CCSc4c(F)cccc43)CC2)cc1C. The van der Waals surface area contributed by atoms with Crippen LogP contribution in [0.2, 0.25) is 0 Å².